The van der Waals surface area contributed by atoms with Gasteiger partial charge in [-0.3, -0.25) is 20.8 Å². The molecule has 16 nitrogen and oxygen atoms in total. The zero-order valence-electron chi connectivity index (χ0n) is 34.2. The Kier molecular flexibility index (Phi) is 12.4. The Labute approximate surface area is 362 Å². The van der Waals surface area contributed by atoms with E-state index in [1.807, 2.05) is 87.9 Å². The molecule has 0 atom stereocenters. The highest BCUT2D eigenvalue weighted by Gasteiger charge is 2.20. The lowest BCUT2D eigenvalue weighted by molar-refractivity contribution is 0.122. The molecule has 2 saturated heterocycles. The van der Waals surface area contributed by atoms with Gasteiger partial charge in [0.2, 0.25) is 0 Å². The highest BCUT2D eigenvalue weighted by atomic mass is 19.1. The molecule has 6 aromatic heterocycles. The molecule has 8 aromatic rings. The maximum Gasteiger partial charge on any atom is 0.160 e. The van der Waals surface area contributed by atoms with Crippen LogP contribution in [0.15, 0.2) is 139 Å². The van der Waals surface area contributed by atoms with Crippen LogP contribution in [0.2, 0.25) is 0 Å². The van der Waals surface area contributed by atoms with Gasteiger partial charge in [0, 0.05) is 86.4 Å². The highest BCUT2D eigenvalue weighted by molar-refractivity contribution is 5.82. The van der Waals surface area contributed by atoms with Crippen LogP contribution in [0.25, 0.3) is 39.9 Å². The monoisotopic (exact) mass is 842 g/mol. The van der Waals surface area contributed by atoms with Gasteiger partial charge in [-0.05, 0) is 59.2 Å². The van der Waals surface area contributed by atoms with Crippen LogP contribution in [0.1, 0.15) is 16.7 Å². The SMILES string of the molecule is C=Cc1cccc(/C=N/Nc2cc(N3CCOCC3)n3nc(-c4ccncc4)cc3n2)c1.Fc1cccc(/C=N/Nc2cc(N3CCOCC3)n3nc(-c4ccncc4)cc3n2)c1. The van der Waals surface area contributed by atoms with E-state index in [0.717, 1.165) is 77.1 Å². The van der Waals surface area contributed by atoms with Crippen LogP contribution in [0.4, 0.5) is 27.7 Å². The van der Waals surface area contributed by atoms with Gasteiger partial charge in [-0.2, -0.15) is 29.4 Å². The summed E-state index contributed by atoms with van der Waals surface area (Å²) in [5.41, 5.74) is 13.8. The molecule has 2 aliphatic heterocycles. The molecule has 0 radical (unpaired) electrons. The molecule has 0 amide bonds. The van der Waals surface area contributed by atoms with Crippen molar-refractivity contribution < 1.29 is 13.9 Å². The van der Waals surface area contributed by atoms with Crippen LogP contribution >= 0.6 is 0 Å². The summed E-state index contributed by atoms with van der Waals surface area (Å²) in [5, 5.41) is 18.2. The fraction of sp³-hybridized carbons (Fsp3) is 0.174. The first-order chi connectivity index (χ1) is 31.1. The topological polar surface area (TPSA) is 160 Å². The van der Waals surface area contributed by atoms with Crippen molar-refractivity contribution in [1.82, 2.24) is 39.2 Å². The first-order valence-electron chi connectivity index (χ1n) is 20.4. The summed E-state index contributed by atoms with van der Waals surface area (Å²) in [5.74, 6) is 2.77. The number of aromatic nitrogens is 8. The summed E-state index contributed by atoms with van der Waals surface area (Å²) < 4.78 is 28.1. The summed E-state index contributed by atoms with van der Waals surface area (Å²) in [6, 6.07) is 29.7. The first kappa shape index (κ1) is 40.5. The molecule has 2 N–H and O–H groups in total. The smallest absolute Gasteiger partial charge is 0.160 e. The van der Waals surface area contributed by atoms with Crippen LogP contribution < -0.4 is 20.7 Å². The summed E-state index contributed by atoms with van der Waals surface area (Å²) in [7, 11) is 0. The molecular formula is C46H43FN14O2. The number of anilines is 4. The third-order valence-electron chi connectivity index (χ3n) is 10.2. The molecule has 0 saturated carbocycles. The lowest BCUT2D eigenvalue weighted by Crippen LogP contribution is -2.37. The Morgan fingerprint density at radius 3 is 1.51 bits per heavy atom. The molecule has 2 aromatic carbocycles. The number of benzene rings is 2. The molecule has 63 heavy (non-hydrogen) atoms. The van der Waals surface area contributed by atoms with Gasteiger partial charge < -0.3 is 19.3 Å². The van der Waals surface area contributed by atoms with Crippen LogP contribution in [0.5, 0.6) is 0 Å². The van der Waals surface area contributed by atoms with E-state index in [1.165, 1.54) is 12.1 Å². The molecule has 2 aliphatic rings. The minimum absolute atomic E-state index is 0.305. The molecule has 2 fully saturated rings. The number of rotatable bonds is 11. The number of ether oxygens (including phenoxy) is 2. The number of hydrogen-bond donors (Lipinski definition) is 2. The van der Waals surface area contributed by atoms with E-state index in [1.54, 1.807) is 49.3 Å². The number of halogens is 1. The lowest BCUT2D eigenvalue weighted by Gasteiger charge is -2.29. The van der Waals surface area contributed by atoms with Gasteiger partial charge in [0.05, 0.1) is 50.2 Å². The number of hydrazone groups is 2. The molecular weight excluding hydrogens is 800 g/mol. The fourth-order valence-corrected chi connectivity index (χ4v) is 7.09. The molecule has 10 rings (SSSR count). The number of pyridine rings is 2. The van der Waals surface area contributed by atoms with Gasteiger partial charge in [0.1, 0.15) is 17.5 Å². The Bertz CT molecular complexity index is 2870. The zero-order valence-corrected chi connectivity index (χ0v) is 34.2. The van der Waals surface area contributed by atoms with Crippen molar-refractivity contribution >= 4 is 53.1 Å². The second-order valence-corrected chi connectivity index (χ2v) is 14.4. The van der Waals surface area contributed by atoms with Crippen molar-refractivity contribution in [3.05, 3.63) is 151 Å². The molecule has 0 aliphatic carbocycles. The minimum atomic E-state index is -0.305. The van der Waals surface area contributed by atoms with E-state index in [9.17, 15) is 4.39 Å². The highest BCUT2D eigenvalue weighted by Crippen LogP contribution is 2.27. The molecule has 17 heteroatoms. The average Bonchev–Trinajstić information content (AvgIpc) is 3.98. The van der Waals surface area contributed by atoms with E-state index in [0.29, 0.717) is 49.3 Å². The van der Waals surface area contributed by atoms with Crippen molar-refractivity contribution in [1.29, 1.82) is 0 Å². The van der Waals surface area contributed by atoms with E-state index >= 15 is 0 Å². The molecule has 8 heterocycles. The molecule has 0 bridgehead atoms. The zero-order chi connectivity index (χ0) is 42.8. The Morgan fingerprint density at radius 2 is 1.03 bits per heavy atom. The minimum Gasteiger partial charge on any atom is -0.378 e. The maximum atomic E-state index is 13.4. The van der Waals surface area contributed by atoms with Gasteiger partial charge >= 0.3 is 0 Å². The molecule has 0 unspecified atom stereocenters. The van der Waals surface area contributed by atoms with Crippen molar-refractivity contribution in [2.24, 2.45) is 10.2 Å². The van der Waals surface area contributed by atoms with Gasteiger partial charge in [0.25, 0.3) is 0 Å². The van der Waals surface area contributed by atoms with E-state index in [4.69, 9.17) is 24.7 Å². The third kappa shape index (κ3) is 9.85. The van der Waals surface area contributed by atoms with Crippen molar-refractivity contribution in [2.75, 3.05) is 73.3 Å². The predicted octanol–water partition coefficient (Wildman–Crippen LogP) is 6.93. The number of morpholine rings is 2. The normalized spacial score (nSPS) is 14.3. The predicted molar refractivity (Wildman–Crippen MR) is 244 cm³/mol. The number of nitrogens with one attached hydrogen (secondary N) is 2. The Balaban J connectivity index is 0.000000160. The van der Waals surface area contributed by atoms with Gasteiger partial charge in [-0.15, -0.1) is 0 Å². The van der Waals surface area contributed by atoms with Crippen LogP contribution in [-0.2, 0) is 9.47 Å². The summed E-state index contributed by atoms with van der Waals surface area (Å²) in [6.07, 6.45) is 12.1. The Hall–Kier alpha value is -7.89. The van der Waals surface area contributed by atoms with Crippen LogP contribution in [0.3, 0.4) is 0 Å². The number of hydrogen-bond acceptors (Lipinski definition) is 14. The van der Waals surface area contributed by atoms with Crippen molar-refractivity contribution in [3.63, 3.8) is 0 Å². The van der Waals surface area contributed by atoms with Gasteiger partial charge in [-0.25, -0.2) is 14.4 Å². The fourth-order valence-electron chi connectivity index (χ4n) is 7.09. The van der Waals surface area contributed by atoms with Gasteiger partial charge in [0.15, 0.2) is 22.9 Å². The molecule has 316 valence electrons. The number of fused-ring (bicyclic) bond motifs is 2. The van der Waals surface area contributed by atoms with E-state index in [-0.39, 0.29) is 5.82 Å². The van der Waals surface area contributed by atoms with E-state index in [2.05, 4.69) is 52.4 Å². The lowest BCUT2D eigenvalue weighted by atomic mass is 10.1. The quantitative estimate of drug-likeness (QED) is 0.102. The van der Waals surface area contributed by atoms with E-state index < -0.39 is 0 Å². The van der Waals surface area contributed by atoms with Crippen molar-refractivity contribution in [2.45, 2.75) is 0 Å². The first-order valence-corrected chi connectivity index (χ1v) is 20.4. The Morgan fingerprint density at radius 1 is 0.571 bits per heavy atom. The van der Waals surface area contributed by atoms with Crippen LogP contribution in [0, 0.1) is 5.82 Å². The van der Waals surface area contributed by atoms with Crippen LogP contribution in [-0.4, -0.2) is 104 Å². The second kappa shape index (κ2) is 19.2. The third-order valence-corrected chi connectivity index (χ3v) is 10.2. The maximum absolute atomic E-state index is 13.4. The molecule has 0 spiro atoms. The van der Waals surface area contributed by atoms with Crippen molar-refractivity contribution in [3.8, 4) is 22.5 Å². The second-order valence-electron chi connectivity index (χ2n) is 14.4. The standard InChI is InChI=1S/C24H23N7O.C22H20FN7O/c1-2-18-4-3-5-19(14-18)17-26-28-22-16-24(30-10-12-32-13-11-30)31-23(27-22)15-21(29-31)20-6-8-25-9-7-20;23-18-3-1-2-16(12-18)15-25-27-20-14-22(29-8-10-31-11-9-29)30-21(26-20)13-19(28-30)17-4-6-24-7-5-17/h2-9,14-17H,1,10-13H2,(H,27,28);1-7,12-15H,8-11H2,(H,26,27)/b26-17+;25-15+. The average molecular weight is 843 g/mol. The summed E-state index contributed by atoms with van der Waals surface area (Å²) in [6.45, 7) is 9.59. The van der Waals surface area contributed by atoms with Gasteiger partial charge in [-0.1, -0.05) is 43.0 Å². The summed E-state index contributed by atoms with van der Waals surface area (Å²) in [4.78, 5) is 22.0. The largest absolute Gasteiger partial charge is 0.378 e. The number of nitrogens with zero attached hydrogens (tertiary/aromatic N) is 12. The summed E-state index contributed by atoms with van der Waals surface area (Å²) >= 11 is 0.